The Labute approximate surface area is 85.2 Å². The third kappa shape index (κ3) is 2.92. The van der Waals surface area contributed by atoms with Gasteiger partial charge in [-0.3, -0.25) is 4.90 Å². The molecule has 1 aliphatic rings. The maximum absolute atomic E-state index is 9.62. The van der Waals surface area contributed by atoms with Crippen LogP contribution in [0.25, 0.3) is 0 Å². The minimum absolute atomic E-state index is 0.194. The highest BCUT2D eigenvalue weighted by Crippen LogP contribution is 2.21. The molecule has 3 N–H and O–H groups in total. The van der Waals surface area contributed by atoms with Crippen LogP contribution in [0.15, 0.2) is 0 Å². The van der Waals surface area contributed by atoms with E-state index in [0.717, 1.165) is 13.0 Å². The van der Waals surface area contributed by atoms with Crippen LogP contribution in [0.1, 0.15) is 20.3 Å². The highest BCUT2D eigenvalue weighted by atomic mass is 16.3. The summed E-state index contributed by atoms with van der Waals surface area (Å²) in [6.45, 7) is 5.14. The Hall–Kier alpha value is -0.160. The van der Waals surface area contributed by atoms with Crippen molar-refractivity contribution >= 4 is 0 Å². The Morgan fingerprint density at radius 1 is 1.43 bits per heavy atom. The van der Waals surface area contributed by atoms with Crippen LogP contribution in [0, 0.1) is 5.92 Å². The zero-order valence-electron chi connectivity index (χ0n) is 8.93. The fraction of sp³-hybridized carbons (Fsp3) is 1.00. The predicted molar refractivity (Wildman–Crippen MR) is 53.9 cm³/mol. The quantitative estimate of drug-likeness (QED) is 0.575. The van der Waals surface area contributed by atoms with Gasteiger partial charge in [0, 0.05) is 19.1 Å². The number of nitrogens with zero attached hydrogens (tertiary/aromatic N) is 1. The topological polar surface area (TPSA) is 63.9 Å². The molecule has 0 aromatic heterocycles. The summed E-state index contributed by atoms with van der Waals surface area (Å²) in [6.07, 6.45) is -0.147. The van der Waals surface area contributed by atoms with Crippen molar-refractivity contribution in [1.29, 1.82) is 0 Å². The van der Waals surface area contributed by atoms with E-state index in [1.807, 2.05) is 13.8 Å². The molecule has 4 heteroatoms. The third-order valence-electron chi connectivity index (χ3n) is 3.04. The number of likely N-dealkylation sites (tertiary alicyclic amines) is 1. The van der Waals surface area contributed by atoms with Crippen molar-refractivity contribution in [3.8, 4) is 0 Å². The normalized spacial score (nSPS) is 37.1. The number of hydrogen-bond acceptors (Lipinski definition) is 4. The fourth-order valence-corrected chi connectivity index (χ4v) is 1.99. The molecule has 14 heavy (non-hydrogen) atoms. The summed E-state index contributed by atoms with van der Waals surface area (Å²) >= 11 is 0. The lowest BCUT2D eigenvalue weighted by Crippen LogP contribution is -2.50. The third-order valence-corrected chi connectivity index (χ3v) is 3.04. The average molecular weight is 203 g/mol. The van der Waals surface area contributed by atoms with Gasteiger partial charge in [0.15, 0.2) is 0 Å². The van der Waals surface area contributed by atoms with Gasteiger partial charge in [-0.2, -0.15) is 0 Å². The van der Waals surface area contributed by atoms with Crippen LogP contribution >= 0.6 is 0 Å². The summed E-state index contributed by atoms with van der Waals surface area (Å²) in [5.74, 6) is 0.247. The van der Waals surface area contributed by atoms with Crippen LogP contribution < -0.4 is 0 Å². The summed E-state index contributed by atoms with van der Waals surface area (Å²) in [7, 11) is 0. The summed E-state index contributed by atoms with van der Waals surface area (Å²) in [5.41, 5.74) is 0. The molecule has 4 nitrogen and oxygen atoms in total. The zero-order chi connectivity index (χ0) is 10.7. The number of rotatable bonds is 3. The van der Waals surface area contributed by atoms with Gasteiger partial charge >= 0.3 is 0 Å². The number of hydrogen-bond donors (Lipinski definition) is 3. The molecule has 0 bridgehead atoms. The monoisotopic (exact) mass is 203 g/mol. The van der Waals surface area contributed by atoms with Gasteiger partial charge in [-0.15, -0.1) is 0 Å². The van der Waals surface area contributed by atoms with E-state index in [1.54, 1.807) is 0 Å². The van der Waals surface area contributed by atoms with Crippen LogP contribution in [-0.2, 0) is 0 Å². The van der Waals surface area contributed by atoms with Gasteiger partial charge in [0.2, 0.25) is 0 Å². The minimum atomic E-state index is -0.667. The van der Waals surface area contributed by atoms with Crippen LogP contribution in [0.4, 0.5) is 0 Å². The second kappa shape index (κ2) is 5.07. The molecular formula is C10H21NO3. The number of aliphatic hydroxyl groups is 3. The molecule has 1 saturated heterocycles. The van der Waals surface area contributed by atoms with Gasteiger partial charge in [0.05, 0.1) is 18.8 Å². The van der Waals surface area contributed by atoms with Crippen molar-refractivity contribution < 1.29 is 15.3 Å². The molecule has 0 saturated carbocycles. The predicted octanol–water partition coefficient (Wildman–Crippen LogP) is -0.569. The molecule has 1 fully saturated rings. The Balaban J connectivity index is 2.44. The molecule has 0 amide bonds. The van der Waals surface area contributed by atoms with Gasteiger partial charge < -0.3 is 15.3 Å². The maximum Gasteiger partial charge on any atom is 0.0897 e. The van der Waals surface area contributed by atoms with E-state index >= 15 is 0 Å². The molecule has 4 atom stereocenters. The first kappa shape index (κ1) is 11.9. The number of β-amino-alcohol motifs (C(OH)–C–C–N with tert-alkyl or cyclic N) is 1. The molecule has 1 aliphatic heterocycles. The van der Waals surface area contributed by atoms with Crippen LogP contribution in [0.3, 0.4) is 0 Å². The summed E-state index contributed by atoms with van der Waals surface area (Å²) < 4.78 is 0. The molecule has 1 rings (SSSR count). The highest BCUT2D eigenvalue weighted by Gasteiger charge is 2.30. The number of aliphatic hydroxyl groups excluding tert-OH is 3. The minimum Gasteiger partial charge on any atom is -0.394 e. The van der Waals surface area contributed by atoms with E-state index in [1.165, 1.54) is 0 Å². The standard InChI is InChI=1S/C10H21NO3/c1-7-4-11(5-9(13)6-12)8(2)3-10(7)14/h7-10,12-14H,3-6H2,1-2H3. The smallest absolute Gasteiger partial charge is 0.0897 e. The fourth-order valence-electron chi connectivity index (χ4n) is 1.99. The van der Waals surface area contributed by atoms with E-state index in [2.05, 4.69) is 4.90 Å². The molecule has 0 aromatic rings. The molecular weight excluding hydrogens is 182 g/mol. The lowest BCUT2D eigenvalue weighted by molar-refractivity contribution is -0.0223. The van der Waals surface area contributed by atoms with E-state index in [4.69, 9.17) is 5.11 Å². The van der Waals surface area contributed by atoms with Crippen molar-refractivity contribution in [2.24, 2.45) is 5.92 Å². The van der Waals surface area contributed by atoms with Gasteiger partial charge in [0.1, 0.15) is 0 Å². The van der Waals surface area contributed by atoms with E-state index in [0.29, 0.717) is 6.54 Å². The lowest BCUT2D eigenvalue weighted by Gasteiger charge is -2.40. The van der Waals surface area contributed by atoms with Crippen molar-refractivity contribution in [3.63, 3.8) is 0 Å². The van der Waals surface area contributed by atoms with Gasteiger partial charge in [-0.05, 0) is 19.3 Å². The van der Waals surface area contributed by atoms with Gasteiger partial charge in [-0.1, -0.05) is 6.92 Å². The Bertz CT molecular complexity index is 175. The highest BCUT2D eigenvalue weighted by molar-refractivity contribution is 4.83. The summed E-state index contributed by atoms with van der Waals surface area (Å²) in [4.78, 5) is 2.12. The first-order valence-corrected chi connectivity index (χ1v) is 5.25. The van der Waals surface area contributed by atoms with Gasteiger partial charge in [-0.25, -0.2) is 0 Å². The van der Waals surface area contributed by atoms with Crippen molar-refractivity contribution in [2.75, 3.05) is 19.7 Å². The van der Waals surface area contributed by atoms with Crippen LogP contribution in [0.5, 0.6) is 0 Å². The second-order valence-electron chi connectivity index (χ2n) is 4.42. The average Bonchev–Trinajstić information content (AvgIpc) is 2.14. The van der Waals surface area contributed by atoms with Gasteiger partial charge in [0.25, 0.3) is 0 Å². The van der Waals surface area contributed by atoms with E-state index < -0.39 is 6.10 Å². The molecule has 0 radical (unpaired) electrons. The molecule has 0 aromatic carbocycles. The molecule has 0 aliphatic carbocycles. The Morgan fingerprint density at radius 2 is 2.07 bits per heavy atom. The maximum atomic E-state index is 9.62. The summed E-state index contributed by atoms with van der Waals surface area (Å²) in [5, 5.41) is 27.7. The molecule has 1 heterocycles. The summed E-state index contributed by atoms with van der Waals surface area (Å²) in [6, 6.07) is 0.280. The number of piperidine rings is 1. The first-order chi connectivity index (χ1) is 6.54. The van der Waals surface area contributed by atoms with Crippen molar-refractivity contribution in [3.05, 3.63) is 0 Å². The molecule has 84 valence electrons. The molecule has 4 unspecified atom stereocenters. The SMILES string of the molecule is CC1CN(CC(O)CO)C(C)CC1O. The van der Waals surface area contributed by atoms with Crippen molar-refractivity contribution in [2.45, 2.75) is 38.5 Å². The van der Waals surface area contributed by atoms with Crippen LogP contribution in [-0.4, -0.2) is 58.2 Å². The second-order valence-corrected chi connectivity index (χ2v) is 4.42. The Morgan fingerprint density at radius 3 is 2.64 bits per heavy atom. The zero-order valence-corrected chi connectivity index (χ0v) is 8.93. The lowest BCUT2D eigenvalue weighted by atomic mass is 9.92. The van der Waals surface area contributed by atoms with E-state index in [-0.39, 0.29) is 24.7 Å². The van der Waals surface area contributed by atoms with Crippen LogP contribution in [0.2, 0.25) is 0 Å². The van der Waals surface area contributed by atoms with E-state index in [9.17, 15) is 10.2 Å². The first-order valence-electron chi connectivity index (χ1n) is 5.25. The largest absolute Gasteiger partial charge is 0.394 e. The molecule has 0 spiro atoms. The van der Waals surface area contributed by atoms with Crippen molar-refractivity contribution in [1.82, 2.24) is 4.90 Å². The Kier molecular flexibility index (Phi) is 4.31.